The van der Waals surface area contributed by atoms with Crippen LogP contribution in [0.25, 0.3) is 5.65 Å². The fourth-order valence-corrected chi connectivity index (χ4v) is 2.57. The molecule has 3 N–H and O–H groups in total. The number of H-pyrrole nitrogens is 1. The number of aryl methyl sites for hydroxylation is 1. The number of aromatic amines is 1. The van der Waals surface area contributed by atoms with Crippen LogP contribution < -0.4 is 16.3 Å². The van der Waals surface area contributed by atoms with Crippen molar-refractivity contribution in [3.05, 3.63) is 22.4 Å². The Balaban J connectivity index is 1.69. The van der Waals surface area contributed by atoms with Gasteiger partial charge in [-0.1, -0.05) is 0 Å². The van der Waals surface area contributed by atoms with Crippen LogP contribution in [0.15, 0.2) is 10.9 Å². The van der Waals surface area contributed by atoms with E-state index in [4.69, 9.17) is 0 Å². The monoisotopic (exact) mass is 262 g/mol. The van der Waals surface area contributed by atoms with Crippen LogP contribution in [0.4, 0.5) is 5.82 Å². The first-order valence-corrected chi connectivity index (χ1v) is 6.66. The van der Waals surface area contributed by atoms with Gasteiger partial charge in [-0.05, 0) is 32.7 Å². The van der Waals surface area contributed by atoms with Crippen molar-refractivity contribution in [2.24, 2.45) is 0 Å². The predicted molar refractivity (Wildman–Crippen MR) is 72.5 cm³/mol. The summed E-state index contributed by atoms with van der Waals surface area (Å²) in [6.07, 6.45) is 3.60. The number of nitrogens with zero attached hydrogens (tertiary/aromatic N) is 3. The molecule has 3 heterocycles. The number of rotatable bonds is 4. The lowest BCUT2D eigenvalue weighted by Crippen LogP contribution is -2.24. The predicted octanol–water partition coefficient (Wildman–Crippen LogP) is 0.280. The van der Waals surface area contributed by atoms with Crippen LogP contribution in [-0.4, -0.2) is 38.7 Å². The van der Waals surface area contributed by atoms with E-state index in [0.717, 1.165) is 25.3 Å². The number of anilines is 1. The highest BCUT2D eigenvalue weighted by Gasteiger charge is 2.13. The summed E-state index contributed by atoms with van der Waals surface area (Å²) in [5.74, 6) is 1.40. The van der Waals surface area contributed by atoms with Crippen molar-refractivity contribution in [1.82, 2.24) is 24.9 Å². The molecular formula is C12H18N6O. The molecule has 7 nitrogen and oxygen atoms in total. The second-order valence-electron chi connectivity index (χ2n) is 4.92. The maximum atomic E-state index is 11.5. The van der Waals surface area contributed by atoms with Crippen molar-refractivity contribution in [2.45, 2.75) is 32.2 Å². The Morgan fingerprint density at radius 3 is 3.26 bits per heavy atom. The SMILES string of the molecule is Cc1nc(NCC[C@H]2CCCN2)cc2n[nH]c(=O)n12. The van der Waals surface area contributed by atoms with Crippen LogP contribution in [0.3, 0.4) is 0 Å². The van der Waals surface area contributed by atoms with E-state index in [1.807, 2.05) is 0 Å². The zero-order chi connectivity index (χ0) is 13.2. The van der Waals surface area contributed by atoms with Crippen LogP contribution in [0.5, 0.6) is 0 Å². The summed E-state index contributed by atoms with van der Waals surface area (Å²) < 4.78 is 1.46. The highest BCUT2D eigenvalue weighted by atomic mass is 16.1. The van der Waals surface area contributed by atoms with Gasteiger partial charge < -0.3 is 10.6 Å². The molecule has 0 amide bonds. The zero-order valence-electron chi connectivity index (χ0n) is 10.9. The second-order valence-corrected chi connectivity index (χ2v) is 4.92. The Labute approximate surface area is 110 Å². The van der Waals surface area contributed by atoms with Gasteiger partial charge in [0, 0.05) is 18.7 Å². The molecule has 1 fully saturated rings. The maximum Gasteiger partial charge on any atom is 0.349 e. The smallest absolute Gasteiger partial charge is 0.349 e. The van der Waals surface area contributed by atoms with Crippen molar-refractivity contribution in [3.8, 4) is 0 Å². The van der Waals surface area contributed by atoms with Gasteiger partial charge in [0.1, 0.15) is 11.6 Å². The third-order valence-electron chi connectivity index (χ3n) is 3.53. The molecule has 7 heteroatoms. The van der Waals surface area contributed by atoms with Gasteiger partial charge in [-0.3, -0.25) is 0 Å². The van der Waals surface area contributed by atoms with Gasteiger partial charge in [0.05, 0.1) is 0 Å². The first kappa shape index (κ1) is 12.2. The van der Waals surface area contributed by atoms with Crippen LogP contribution in [0, 0.1) is 6.92 Å². The maximum absolute atomic E-state index is 11.5. The van der Waals surface area contributed by atoms with Crippen LogP contribution >= 0.6 is 0 Å². The van der Waals surface area contributed by atoms with E-state index < -0.39 is 0 Å². The third-order valence-corrected chi connectivity index (χ3v) is 3.53. The van der Waals surface area contributed by atoms with Crippen molar-refractivity contribution in [1.29, 1.82) is 0 Å². The fraction of sp³-hybridized carbons (Fsp3) is 0.583. The fourth-order valence-electron chi connectivity index (χ4n) is 2.57. The second kappa shape index (κ2) is 5.00. The number of fused-ring (bicyclic) bond motifs is 1. The highest BCUT2D eigenvalue weighted by molar-refractivity contribution is 5.49. The quantitative estimate of drug-likeness (QED) is 0.736. The van der Waals surface area contributed by atoms with Crippen LogP contribution in [-0.2, 0) is 0 Å². The first-order chi connectivity index (χ1) is 9.24. The number of hydrogen-bond donors (Lipinski definition) is 3. The standard InChI is InChI=1S/C12H18N6O/c1-8-15-10(7-11-16-17-12(19)18(8)11)14-6-4-9-3-2-5-13-9/h7,9,13-14H,2-6H2,1H3,(H,17,19)/t9-/m1/s1. The molecule has 0 spiro atoms. The summed E-state index contributed by atoms with van der Waals surface area (Å²) in [6.45, 7) is 3.80. The van der Waals surface area contributed by atoms with Crippen molar-refractivity contribution < 1.29 is 0 Å². The Bertz CT molecular complexity index is 625. The highest BCUT2D eigenvalue weighted by Crippen LogP contribution is 2.11. The molecule has 0 aromatic carbocycles. The summed E-state index contributed by atoms with van der Waals surface area (Å²) in [6, 6.07) is 2.40. The van der Waals surface area contributed by atoms with Crippen molar-refractivity contribution >= 4 is 11.5 Å². The van der Waals surface area contributed by atoms with Crippen LogP contribution in [0.2, 0.25) is 0 Å². The summed E-state index contributed by atoms with van der Waals surface area (Å²) in [7, 11) is 0. The molecule has 0 aliphatic carbocycles. The minimum Gasteiger partial charge on any atom is -0.370 e. The van der Waals surface area contributed by atoms with Crippen LogP contribution in [0.1, 0.15) is 25.1 Å². The molecule has 0 unspecified atom stereocenters. The van der Waals surface area contributed by atoms with Gasteiger partial charge in [-0.15, -0.1) is 0 Å². The summed E-state index contributed by atoms with van der Waals surface area (Å²) in [4.78, 5) is 15.8. The lowest BCUT2D eigenvalue weighted by molar-refractivity contribution is 0.574. The average molecular weight is 262 g/mol. The van der Waals surface area contributed by atoms with Gasteiger partial charge in [0.2, 0.25) is 0 Å². The molecule has 0 bridgehead atoms. The number of hydrogen-bond acceptors (Lipinski definition) is 5. The molecule has 19 heavy (non-hydrogen) atoms. The molecular weight excluding hydrogens is 244 g/mol. The van der Waals surface area contributed by atoms with Crippen molar-refractivity contribution in [3.63, 3.8) is 0 Å². The summed E-state index contributed by atoms with van der Waals surface area (Å²) >= 11 is 0. The van der Waals surface area contributed by atoms with Gasteiger partial charge >= 0.3 is 5.69 Å². The molecule has 0 saturated carbocycles. The van der Waals surface area contributed by atoms with Gasteiger partial charge in [-0.2, -0.15) is 5.10 Å². The number of nitrogens with one attached hydrogen (secondary N) is 3. The topological polar surface area (TPSA) is 87.1 Å². The normalized spacial score (nSPS) is 19.1. The van der Waals surface area contributed by atoms with E-state index in [1.165, 1.54) is 17.2 Å². The molecule has 1 aliphatic heterocycles. The van der Waals surface area contributed by atoms with E-state index in [1.54, 1.807) is 13.0 Å². The Morgan fingerprint density at radius 2 is 2.47 bits per heavy atom. The molecule has 0 radical (unpaired) electrons. The minimum absolute atomic E-state index is 0.248. The molecule has 102 valence electrons. The molecule has 1 aliphatic rings. The van der Waals surface area contributed by atoms with E-state index in [2.05, 4.69) is 25.8 Å². The third kappa shape index (κ3) is 2.46. The van der Waals surface area contributed by atoms with E-state index in [-0.39, 0.29) is 5.69 Å². The van der Waals surface area contributed by atoms with Crippen molar-refractivity contribution in [2.75, 3.05) is 18.4 Å². The minimum atomic E-state index is -0.248. The first-order valence-electron chi connectivity index (χ1n) is 6.66. The van der Waals surface area contributed by atoms with Gasteiger partial charge in [0.15, 0.2) is 5.65 Å². The molecule has 1 atom stereocenters. The average Bonchev–Trinajstić information content (AvgIpc) is 3.00. The molecule has 2 aromatic heterocycles. The lowest BCUT2D eigenvalue weighted by Gasteiger charge is -2.11. The Morgan fingerprint density at radius 1 is 1.58 bits per heavy atom. The molecule has 1 saturated heterocycles. The Kier molecular flexibility index (Phi) is 3.20. The summed E-state index contributed by atoms with van der Waals surface area (Å²) in [5.41, 5.74) is 0.348. The van der Waals surface area contributed by atoms with Gasteiger partial charge in [-0.25, -0.2) is 19.3 Å². The zero-order valence-corrected chi connectivity index (χ0v) is 10.9. The van der Waals surface area contributed by atoms with Gasteiger partial charge in [0.25, 0.3) is 0 Å². The Hall–Kier alpha value is -1.89. The van der Waals surface area contributed by atoms with E-state index >= 15 is 0 Å². The largest absolute Gasteiger partial charge is 0.370 e. The number of aromatic nitrogens is 4. The molecule has 3 rings (SSSR count). The summed E-state index contributed by atoms with van der Waals surface area (Å²) in [5, 5.41) is 13.1. The lowest BCUT2D eigenvalue weighted by atomic mass is 10.1. The van der Waals surface area contributed by atoms with E-state index in [9.17, 15) is 4.79 Å². The molecule has 2 aromatic rings. The van der Waals surface area contributed by atoms with E-state index in [0.29, 0.717) is 17.5 Å².